The van der Waals surface area contributed by atoms with Gasteiger partial charge in [-0.3, -0.25) is 4.79 Å². The maximum absolute atomic E-state index is 12.6. The van der Waals surface area contributed by atoms with Gasteiger partial charge in [-0.25, -0.2) is 0 Å². The Labute approximate surface area is 160 Å². The van der Waals surface area contributed by atoms with Gasteiger partial charge in [0.25, 0.3) is 5.91 Å². The van der Waals surface area contributed by atoms with Crippen molar-refractivity contribution in [3.63, 3.8) is 0 Å². The van der Waals surface area contributed by atoms with E-state index in [4.69, 9.17) is 4.74 Å². The van der Waals surface area contributed by atoms with Crippen LogP contribution in [0.25, 0.3) is 6.08 Å². The number of hydrogen-bond acceptors (Lipinski definition) is 3. The van der Waals surface area contributed by atoms with Gasteiger partial charge in [0.2, 0.25) is 0 Å². The monoisotopic (exact) mass is 363 g/mol. The molecule has 140 valence electrons. The van der Waals surface area contributed by atoms with Crippen LogP contribution < -0.4 is 10.1 Å². The van der Waals surface area contributed by atoms with Gasteiger partial charge >= 0.3 is 0 Å². The van der Waals surface area contributed by atoms with Crippen molar-refractivity contribution >= 4 is 17.7 Å². The molecule has 1 aromatic carbocycles. The van der Waals surface area contributed by atoms with Crippen molar-refractivity contribution in [2.75, 3.05) is 12.4 Å². The molecule has 5 nitrogen and oxygen atoms in total. The minimum atomic E-state index is -0.420. The van der Waals surface area contributed by atoms with Gasteiger partial charge in [-0.2, -0.15) is 5.26 Å². The van der Waals surface area contributed by atoms with Crippen LogP contribution in [0.15, 0.2) is 35.9 Å². The van der Waals surface area contributed by atoms with E-state index >= 15 is 0 Å². The molecule has 0 atom stereocenters. The Morgan fingerprint density at radius 1 is 1.30 bits per heavy atom. The third kappa shape index (κ3) is 4.06. The first kappa shape index (κ1) is 18.8. The molecule has 0 radical (unpaired) electrons. The third-order valence-corrected chi connectivity index (χ3v) is 5.21. The lowest BCUT2D eigenvalue weighted by molar-refractivity contribution is -0.112. The molecule has 2 aromatic rings. The molecule has 0 saturated heterocycles. The Morgan fingerprint density at radius 2 is 2.04 bits per heavy atom. The summed E-state index contributed by atoms with van der Waals surface area (Å²) in [5, 5.41) is 12.3. The molecule has 1 heterocycles. The molecular weight excluding hydrogens is 338 g/mol. The van der Waals surface area contributed by atoms with Crippen molar-refractivity contribution in [3.05, 3.63) is 52.9 Å². The van der Waals surface area contributed by atoms with Crippen LogP contribution in [0, 0.1) is 25.2 Å². The van der Waals surface area contributed by atoms with Gasteiger partial charge < -0.3 is 14.6 Å². The minimum absolute atomic E-state index is 0.0875. The zero-order valence-electron chi connectivity index (χ0n) is 16.1. The van der Waals surface area contributed by atoms with Crippen molar-refractivity contribution in [2.24, 2.45) is 0 Å². The quantitative estimate of drug-likeness (QED) is 0.614. The molecule has 1 N–H and O–H groups in total. The molecule has 1 aromatic heterocycles. The van der Waals surface area contributed by atoms with Gasteiger partial charge in [0.05, 0.1) is 7.11 Å². The summed E-state index contributed by atoms with van der Waals surface area (Å²) in [6, 6.07) is 11.7. The standard InChI is InChI=1S/C22H25N3O2/c1-15-11-17(16(2)25(15)20-8-4-5-9-20)12-18(14-23)22(26)24-19-7-6-10-21(13-19)27-3/h6-7,10-13,20H,4-5,8-9H2,1-3H3,(H,24,26)/b18-12-. The summed E-state index contributed by atoms with van der Waals surface area (Å²) >= 11 is 0. The molecule has 1 aliphatic carbocycles. The van der Waals surface area contributed by atoms with E-state index in [9.17, 15) is 10.1 Å². The van der Waals surface area contributed by atoms with E-state index in [1.807, 2.05) is 6.07 Å². The number of methoxy groups -OCH3 is 1. The molecule has 0 spiro atoms. The Morgan fingerprint density at radius 3 is 2.70 bits per heavy atom. The number of nitrogens with one attached hydrogen (secondary N) is 1. The van der Waals surface area contributed by atoms with Crippen molar-refractivity contribution in [2.45, 2.75) is 45.6 Å². The predicted octanol–water partition coefficient (Wildman–Crippen LogP) is 4.77. The largest absolute Gasteiger partial charge is 0.497 e. The van der Waals surface area contributed by atoms with Crippen LogP contribution in [0.2, 0.25) is 0 Å². The van der Waals surface area contributed by atoms with Gasteiger partial charge in [-0.05, 0) is 56.5 Å². The fourth-order valence-corrected chi connectivity index (χ4v) is 3.88. The average Bonchev–Trinajstić information content (AvgIpc) is 3.27. The van der Waals surface area contributed by atoms with Crippen molar-refractivity contribution in [1.29, 1.82) is 5.26 Å². The van der Waals surface area contributed by atoms with Crippen molar-refractivity contribution < 1.29 is 9.53 Å². The molecule has 0 unspecified atom stereocenters. The summed E-state index contributed by atoms with van der Waals surface area (Å²) in [6.45, 7) is 4.15. The van der Waals surface area contributed by atoms with E-state index in [-0.39, 0.29) is 5.57 Å². The van der Waals surface area contributed by atoms with Gasteiger partial charge in [-0.15, -0.1) is 0 Å². The number of aromatic nitrogens is 1. The van der Waals surface area contributed by atoms with E-state index in [1.165, 1.54) is 31.4 Å². The number of rotatable bonds is 5. The zero-order valence-corrected chi connectivity index (χ0v) is 16.1. The number of nitrogens with zero attached hydrogens (tertiary/aromatic N) is 2. The van der Waals surface area contributed by atoms with Crippen molar-refractivity contribution in [1.82, 2.24) is 4.57 Å². The summed E-state index contributed by atoms with van der Waals surface area (Å²) in [7, 11) is 1.57. The summed E-state index contributed by atoms with van der Waals surface area (Å²) in [5.74, 6) is 0.229. The minimum Gasteiger partial charge on any atom is -0.497 e. The molecule has 0 aliphatic heterocycles. The summed E-state index contributed by atoms with van der Waals surface area (Å²) in [5.41, 5.74) is 3.90. The summed E-state index contributed by atoms with van der Waals surface area (Å²) in [4.78, 5) is 12.6. The summed E-state index contributed by atoms with van der Waals surface area (Å²) < 4.78 is 7.52. The highest BCUT2D eigenvalue weighted by Crippen LogP contribution is 2.33. The van der Waals surface area contributed by atoms with Crippen LogP contribution in [0.5, 0.6) is 5.75 Å². The highest BCUT2D eigenvalue weighted by molar-refractivity contribution is 6.09. The lowest BCUT2D eigenvalue weighted by Gasteiger charge is -2.17. The predicted molar refractivity (Wildman–Crippen MR) is 107 cm³/mol. The number of carbonyl (C=O) groups excluding carboxylic acids is 1. The Bertz CT molecular complexity index is 912. The lowest BCUT2D eigenvalue weighted by Crippen LogP contribution is -2.13. The maximum atomic E-state index is 12.6. The summed E-state index contributed by atoms with van der Waals surface area (Å²) in [6.07, 6.45) is 6.60. The number of amides is 1. The number of anilines is 1. The molecule has 5 heteroatoms. The molecule has 27 heavy (non-hydrogen) atoms. The Balaban J connectivity index is 1.84. The van der Waals surface area contributed by atoms with Crippen LogP contribution in [0.3, 0.4) is 0 Å². The Kier molecular flexibility index (Phi) is 5.66. The number of ether oxygens (including phenoxy) is 1. The van der Waals surface area contributed by atoms with Crippen LogP contribution in [0.1, 0.15) is 48.7 Å². The molecule has 1 fully saturated rings. The van der Waals surface area contributed by atoms with Crippen LogP contribution in [0.4, 0.5) is 5.69 Å². The zero-order chi connectivity index (χ0) is 19.4. The van der Waals surface area contributed by atoms with E-state index in [0.717, 1.165) is 11.3 Å². The van der Waals surface area contributed by atoms with E-state index in [0.29, 0.717) is 17.5 Å². The number of carbonyl (C=O) groups is 1. The van der Waals surface area contributed by atoms with Crippen LogP contribution in [-0.4, -0.2) is 17.6 Å². The average molecular weight is 363 g/mol. The highest BCUT2D eigenvalue weighted by atomic mass is 16.5. The normalized spacial score (nSPS) is 14.8. The van der Waals surface area contributed by atoms with Gasteiger partial charge in [0.1, 0.15) is 17.4 Å². The first-order valence-electron chi connectivity index (χ1n) is 9.29. The second-order valence-corrected chi connectivity index (χ2v) is 6.99. The van der Waals surface area contributed by atoms with Crippen molar-refractivity contribution in [3.8, 4) is 11.8 Å². The maximum Gasteiger partial charge on any atom is 0.266 e. The van der Waals surface area contributed by atoms with E-state index in [1.54, 1.807) is 37.5 Å². The molecule has 1 amide bonds. The number of hydrogen-bond donors (Lipinski definition) is 1. The molecule has 1 saturated carbocycles. The Hall–Kier alpha value is -3.00. The van der Waals surface area contributed by atoms with Crippen LogP contribution >= 0.6 is 0 Å². The van der Waals surface area contributed by atoms with Gasteiger partial charge in [0.15, 0.2) is 0 Å². The highest BCUT2D eigenvalue weighted by Gasteiger charge is 2.21. The first-order chi connectivity index (χ1) is 13.0. The van der Waals surface area contributed by atoms with Crippen LogP contribution in [-0.2, 0) is 4.79 Å². The fourth-order valence-electron chi connectivity index (χ4n) is 3.88. The topological polar surface area (TPSA) is 67.0 Å². The third-order valence-electron chi connectivity index (χ3n) is 5.21. The number of aryl methyl sites for hydroxylation is 1. The number of nitriles is 1. The second-order valence-electron chi connectivity index (χ2n) is 6.99. The van der Waals surface area contributed by atoms with Gasteiger partial charge in [0, 0.05) is 29.2 Å². The smallest absolute Gasteiger partial charge is 0.266 e. The lowest BCUT2D eigenvalue weighted by atomic mass is 10.1. The first-order valence-corrected chi connectivity index (χ1v) is 9.29. The number of benzene rings is 1. The van der Waals surface area contributed by atoms with E-state index < -0.39 is 5.91 Å². The second kappa shape index (κ2) is 8.13. The molecule has 1 aliphatic rings. The SMILES string of the molecule is COc1cccc(NC(=O)/C(C#N)=C\c2cc(C)n(C3CCCC3)c2C)c1. The molecular formula is C22H25N3O2. The molecule has 0 bridgehead atoms. The fraction of sp³-hybridized carbons (Fsp3) is 0.364. The van der Waals surface area contributed by atoms with E-state index in [2.05, 4.69) is 29.8 Å². The van der Waals surface area contributed by atoms with Gasteiger partial charge in [-0.1, -0.05) is 18.9 Å². The molecule has 3 rings (SSSR count).